The number of carbonyl (C=O) groups is 1. The molecule has 0 bridgehead atoms. The van der Waals surface area contributed by atoms with E-state index < -0.39 is 16.0 Å². The number of hydrogen-bond acceptors (Lipinski definition) is 6. The number of esters is 1. The largest absolute Gasteiger partial charge is 0.463 e. The molecule has 120 valence electrons. The molecule has 0 aromatic carbocycles. The normalized spacial score (nSPS) is 19.3. The first kappa shape index (κ1) is 18.0. The quantitative estimate of drug-likeness (QED) is 0.813. The van der Waals surface area contributed by atoms with Crippen LogP contribution >= 0.6 is 12.4 Å². The Labute approximate surface area is 129 Å². The van der Waals surface area contributed by atoms with Gasteiger partial charge in [0.25, 0.3) is 0 Å². The fraction of sp³-hybridized carbons (Fsp3) is 0.583. The number of methoxy groups -OCH3 is 1. The molecule has 9 heteroatoms. The van der Waals surface area contributed by atoms with Gasteiger partial charge in [-0.3, -0.25) is 0 Å². The summed E-state index contributed by atoms with van der Waals surface area (Å²) in [7, 11) is -2.45. The number of carbonyl (C=O) groups excluding carboxylic acids is 1. The van der Waals surface area contributed by atoms with Crippen LogP contribution in [0.2, 0.25) is 0 Å². The molecular weight excluding hydrogens is 320 g/mol. The van der Waals surface area contributed by atoms with Crippen LogP contribution in [0.25, 0.3) is 0 Å². The lowest BCUT2D eigenvalue weighted by molar-refractivity contribution is 0.0563. The van der Waals surface area contributed by atoms with Gasteiger partial charge in [-0.2, -0.15) is 4.31 Å². The summed E-state index contributed by atoms with van der Waals surface area (Å²) in [5.41, 5.74) is 5.57. The monoisotopic (exact) mass is 338 g/mol. The number of sulfonamides is 1. The van der Waals surface area contributed by atoms with Crippen LogP contribution in [-0.4, -0.2) is 45.4 Å². The van der Waals surface area contributed by atoms with Crippen LogP contribution < -0.4 is 5.73 Å². The van der Waals surface area contributed by atoms with Gasteiger partial charge in [0.1, 0.15) is 10.7 Å². The molecular formula is C12H19ClN2O5S. The summed E-state index contributed by atoms with van der Waals surface area (Å²) >= 11 is 0. The minimum Gasteiger partial charge on any atom is -0.463 e. The third kappa shape index (κ3) is 3.39. The lowest BCUT2D eigenvalue weighted by Gasteiger charge is -2.15. The second-order valence-electron chi connectivity index (χ2n) is 4.78. The minimum atomic E-state index is -3.66. The average Bonchev–Trinajstić information content (AvgIpc) is 3.04. The summed E-state index contributed by atoms with van der Waals surface area (Å²) in [6.07, 6.45) is 0.747. The molecule has 7 nitrogen and oxygen atoms in total. The summed E-state index contributed by atoms with van der Waals surface area (Å²) < 4.78 is 36.1. The summed E-state index contributed by atoms with van der Waals surface area (Å²) in [6.45, 7) is 2.80. The van der Waals surface area contributed by atoms with E-state index in [-0.39, 0.29) is 34.7 Å². The van der Waals surface area contributed by atoms with Crippen LogP contribution in [0.4, 0.5) is 0 Å². The van der Waals surface area contributed by atoms with Crippen molar-refractivity contribution in [1.82, 2.24) is 4.31 Å². The van der Waals surface area contributed by atoms with Gasteiger partial charge in [-0.1, -0.05) is 0 Å². The average molecular weight is 339 g/mol. The summed E-state index contributed by atoms with van der Waals surface area (Å²) in [6, 6.07) is 1.21. The molecule has 1 atom stereocenters. The lowest BCUT2D eigenvalue weighted by atomic mass is 10.1. The number of nitrogens with two attached hydrogens (primary N) is 1. The van der Waals surface area contributed by atoms with Gasteiger partial charge in [-0.15, -0.1) is 12.4 Å². The highest BCUT2D eigenvalue weighted by molar-refractivity contribution is 7.89. The van der Waals surface area contributed by atoms with E-state index in [1.165, 1.54) is 24.4 Å². The highest BCUT2D eigenvalue weighted by Crippen LogP contribution is 2.28. The van der Waals surface area contributed by atoms with E-state index >= 15 is 0 Å². The molecule has 1 fully saturated rings. The van der Waals surface area contributed by atoms with Crippen molar-refractivity contribution in [3.8, 4) is 0 Å². The van der Waals surface area contributed by atoms with Gasteiger partial charge < -0.3 is 14.9 Å². The highest BCUT2D eigenvalue weighted by Gasteiger charge is 2.35. The van der Waals surface area contributed by atoms with Crippen molar-refractivity contribution in [3.63, 3.8) is 0 Å². The molecule has 0 saturated carbocycles. The van der Waals surface area contributed by atoms with Gasteiger partial charge in [0.15, 0.2) is 0 Å². The summed E-state index contributed by atoms with van der Waals surface area (Å²) in [4.78, 5) is 11.4. The van der Waals surface area contributed by atoms with Gasteiger partial charge in [0, 0.05) is 19.2 Å². The maximum absolute atomic E-state index is 12.5. The van der Waals surface area contributed by atoms with E-state index in [1.54, 1.807) is 0 Å². The molecule has 0 aliphatic carbocycles. The van der Waals surface area contributed by atoms with Crippen LogP contribution in [0.15, 0.2) is 15.4 Å². The molecule has 1 unspecified atom stereocenters. The van der Waals surface area contributed by atoms with Gasteiger partial charge in [-0.05, 0) is 25.8 Å². The Balaban J connectivity index is 0.00000220. The van der Waals surface area contributed by atoms with E-state index in [2.05, 4.69) is 4.74 Å². The molecule has 1 aliphatic heterocycles. The van der Waals surface area contributed by atoms with Crippen molar-refractivity contribution < 1.29 is 22.4 Å². The zero-order chi connectivity index (χ0) is 14.9. The van der Waals surface area contributed by atoms with Gasteiger partial charge >= 0.3 is 5.97 Å². The number of furan rings is 1. The van der Waals surface area contributed by atoms with Crippen molar-refractivity contribution in [2.24, 2.45) is 11.7 Å². The third-order valence-corrected chi connectivity index (χ3v) is 5.43. The summed E-state index contributed by atoms with van der Waals surface area (Å²) in [5.74, 6) is -0.451. The molecule has 21 heavy (non-hydrogen) atoms. The fourth-order valence-electron chi connectivity index (χ4n) is 2.27. The van der Waals surface area contributed by atoms with E-state index in [0.29, 0.717) is 19.6 Å². The Kier molecular flexibility index (Phi) is 5.80. The fourth-order valence-corrected chi connectivity index (χ4v) is 3.96. The minimum absolute atomic E-state index is 0. The first-order valence-corrected chi connectivity index (χ1v) is 7.73. The van der Waals surface area contributed by atoms with E-state index in [4.69, 9.17) is 10.2 Å². The van der Waals surface area contributed by atoms with E-state index in [1.807, 2.05) is 0 Å². The second kappa shape index (κ2) is 6.78. The van der Waals surface area contributed by atoms with Crippen LogP contribution in [0, 0.1) is 12.8 Å². The van der Waals surface area contributed by atoms with E-state index in [9.17, 15) is 13.2 Å². The number of rotatable bonds is 4. The molecule has 1 saturated heterocycles. The Bertz CT molecular complexity index is 613. The number of hydrogen-bond donors (Lipinski definition) is 1. The van der Waals surface area contributed by atoms with Crippen molar-refractivity contribution in [2.75, 3.05) is 26.7 Å². The van der Waals surface area contributed by atoms with Crippen LogP contribution in [0.3, 0.4) is 0 Å². The molecule has 0 amide bonds. The zero-order valence-electron chi connectivity index (χ0n) is 11.9. The van der Waals surface area contributed by atoms with E-state index in [0.717, 1.165) is 6.42 Å². The number of halogens is 1. The van der Waals surface area contributed by atoms with Crippen LogP contribution in [0.5, 0.6) is 0 Å². The van der Waals surface area contributed by atoms with Crippen LogP contribution in [0.1, 0.15) is 22.7 Å². The lowest BCUT2D eigenvalue weighted by Crippen LogP contribution is -2.30. The molecule has 0 radical (unpaired) electrons. The predicted molar refractivity (Wildman–Crippen MR) is 78.0 cm³/mol. The van der Waals surface area contributed by atoms with Crippen molar-refractivity contribution in [2.45, 2.75) is 18.2 Å². The van der Waals surface area contributed by atoms with Crippen molar-refractivity contribution >= 4 is 28.4 Å². The topological polar surface area (TPSA) is 103 Å². The Hall–Kier alpha value is -1.09. The first-order chi connectivity index (χ1) is 9.40. The van der Waals surface area contributed by atoms with Gasteiger partial charge in [-0.25, -0.2) is 13.2 Å². The first-order valence-electron chi connectivity index (χ1n) is 6.29. The molecule has 1 aromatic heterocycles. The highest BCUT2D eigenvalue weighted by atomic mass is 35.5. The Morgan fingerprint density at radius 2 is 2.24 bits per heavy atom. The molecule has 1 aliphatic rings. The summed E-state index contributed by atoms with van der Waals surface area (Å²) in [5, 5.41) is 0. The Morgan fingerprint density at radius 1 is 1.57 bits per heavy atom. The van der Waals surface area contributed by atoms with Crippen molar-refractivity contribution in [1.29, 1.82) is 0 Å². The Morgan fingerprint density at radius 3 is 2.76 bits per heavy atom. The van der Waals surface area contributed by atoms with Gasteiger partial charge in [0.05, 0.1) is 7.11 Å². The SMILES string of the molecule is COC(=O)c1cc(S(=O)(=O)N2CCC(CN)C2)c(C)o1.Cl. The second-order valence-corrected chi connectivity index (χ2v) is 6.68. The third-order valence-electron chi connectivity index (χ3n) is 3.46. The maximum Gasteiger partial charge on any atom is 0.373 e. The number of nitrogens with zero attached hydrogens (tertiary/aromatic N) is 1. The number of ether oxygens (including phenoxy) is 1. The van der Waals surface area contributed by atoms with Crippen molar-refractivity contribution in [3.05, 3.63) is 17.6 Å². The van der Waals surface area contributed by atoms with Crippen LogP contribution in [-0.2, 0) is 14.8 Å². The molecule has 1 aromatic rings. The zero-order valence-corrected chi connectivity index (χ0v) is 13.5. The smallest absolute Gasteiger partial charge is 0.373 e. The molecule has 2 rings (SSSR count). The molecule has 2 N–H and O–H groups in total. The standard InChI is InChI=1S/C12H18N2O5S.ClH/c1-8-11(5-10(19-8)12(15)18-2)20(16,17)14-4-3-9(6-13)7-14;/h5,9H,3-4,6-7,13H2,1-2H3;1H. The number of aryl methyl sites for hydroxylation is 1. The maximum atomic E-state index is 12.5. The molecule has 0 spiro atoms. The van der Waals surface area contributed by atoms with Gasteiger partial charge in [0.2, 0.25) is 15.8 Å². The predicted octanol–water partition coefficient (Wildman–Crippen LogP) is 0.766. The molecule has 2 heterocycles.